The van der Waals surface area contributed by atoms with Crippen molar-refractivity contribution in [3.8, 4) is 0 Å². The highest BCUT2D eigenvalue weighted by Crippen LogP contribution is 2.39. The summed E-state index contributed by atoms with van der Waals surface area (Å²) >= 11 is 6.01. The summed E-state index contributed by atoms with van der Waals surface area (Å²) in [7, 11) is 1.62. The summed E-state index contributed by atoms with van der Waals surface area (Å²) in [5, 5.41) is 2.80. The third-order valence-electron chi connectivity index (χ3n) is 4.17. The Balaban J connectivity index is 2.29. The molecule has 19 heavy (non-hydrogen) atoms. The van der Waals surface area contributed by atoms with Crippen LogP contribution in [-0.2, 0) is 9.53 Å². The lowest BCUT2D eigenvalue weighted by molar-refractivity contribution is -0.126. The number of alkyl halides is 1. The Morgan fingerprint density at radius 2 is 1.89 bits per heavy atom. The fraction of sp³-hybridized carbons (Fsp3) is 0.933. The van der Waals surface area contributed by atoms with Gasteiger partial charge in [-0.25, -0.2) is 0 Å². The summed E-state index contributed by atoms with van der Waals surface area (Å²) in [6.07, 6.45) is 4.32. The molecule has 1 saturated carbocycles. The van der Waals surface area contributed by atoms with Crippen LogP contribution in [0, 0.1) is 17.3 Å². The van der Waals surface area contributed by atoms with Crippen LogP contribution in [0.2, 0.25) is 0 Å². The SMILES string of the molecule is COCC(Cl)CNC(=O)C1CCC(C(C)(C)C)CC1. The van der Waals surface area contributed by atoms with E-state index in [2.05, 4.69) is 26.1 Å². The quantitative estimate of drug-likeness (QED) is 0.789. The highest BCUT2D eigenvalue weighted by molar-refractivity contribution is 6.21. The summed E-state index contributed by atoms with van der Waals surface area (Å²) in [6.45, 7) is 7.84. The lowest BCUT2D eigenvalue weighted by atomic mass is 9.69. The summed E-state index contributed by atoms with van der Waals surface area (Å²) in [6, 6.07) is 0. The normalized spacial score (nSPS) is 25.9. The second-order valence-corrected chi connectivity index (χ2v) is 7.33. The topological polar surface area (TPSA) is 38.3 Å². The molecule has 1 fully saturated rings. The maximum absolute atomic E-state index is 12.1. The van der Waals surface area contributed by atoms with Crippen LogP contribution >= 0.6 is 11.6 Å². The van der Waals surface area contributed by atoms with Crippen LogP contribution in [0.5, 0.6) is 0 Å². The second-order valence-electron chi connectivity index (χ2n) is 6.71. The Morgan fingerprint density at radius 1 is 1.32 bits per heavy atom. The van der Waals surface area contributed by atoms with E-state index in [0.29, 0.717) is 18.6 Å². The van der Waals surface area contributed by atoms with Crippen LogP contribution < -0.4 is 5.32 Å². The molecule has 1 atom stereocenters. The molecule has 1 aliphatic carbocycles. The van der Waals surface area contributed by atoms with Gasteiger partial charge in [-0.3, -0.25) is 4.79 Å². The highest BCUT2D eigenvalue weighted by Gasteiger charge is 2.32. The number of rotatable bonds is 5. The van der Waals surface area contributed by atoms with Crippen LogP contribution in [-0.4, -0.2) is 31.5 Å². The van der Waals surface area contributed by atoms with E-state index >= 15 is 0 Å². The van der Waals surface area contributed by atoms with Crippen molar-refractivity contribution in [3.05, 3.63) is 0 Å². The molecule has 1 amide bonds. The van der Waals surface area contributed by atoms with Gasteiger partial charge in [0.25, 0.3) is 0 Å². The number of hydrogen-bond donors (Lipinski definition) is 1. The first-order valence-corrected chi connectivity index (χ1v) is 7.69. The number of amides is 1. The molecular weight excluding hydrogens is 262 g/mol. The number of halogens is 1. The minimum absolute atomic E-state index is 0.139. The van der Waals surface area contributed by atoms with E-state index in [1.165, 1.54) is 0 Å². The van der Waals surface area contributed by atoms with Crippen molar-refractivity contribution in [1.82, 2.24) is 5.32 Å². The fourth-order valence-electron chi connectivity index (χ4n) is 2.82. The van der Waals surface area contributed by atoms with Crippen LogP contribution in [0.15, 0.2) is 0 Å². The second kappa shape index (κ2) is 7.49. The van der Waals surface area contributed by atoms with E-state index in [4.69, 9.17) is 16.3 Å². The third-order valence-corrected chi connectivity index (χ3v) is 4.45. The largest absolute Gasteiger partial charge is 0.383 e. The Morgan fingerprint density at radius 3 is 2.37 bits per heavy atom. The van der Waals surface area contributed by atoms with Gasteiger partial charge in [0.1, 0.15) is 0 Å². The monoisotopic (exact) mass is 289 g/mol. The maximum Gasteiger partial charge on any atom is 0.223 e. The van der Waals surface area contributed by atoms with Crippen molar-refractivity contribution in [2.45, 2.75) is 51.8 Å². The summed E-state index contributed by atoms with van der Waals surface area (Å²) in [5.74, 6) is 1.07. The van der Waals surface area contributed by atoms with Gasteiger partial charge in [0.15, 0.2) is 0 Å². The molecule has 1 N–H and O–H groups in total. The van der Waals surface area contributed by atoms with Gasteiger partial charge in [-0.2, -0.15) is 0 Å². The summed E-state index contributed by atoms with van der Waals surface area (Å²) in [5.41, 5.74) is 0.362. The van der Waals surface area contributed by atoms with Gasteiger partial charge in [-0.1, -0.05) is 20.8 Å². The van der Waals surface area contributed by atoms with Crippen molar-refractivity contribution in [1.29, 1.82) is 0 Å². The van der Waals surface area contributed by atoms with Crippen LogP contribution in [0.25, 0.3) is 0 Å². The number of hydrogen-bond acceptors (Lipinski definition) is 2. The molecule has 3 nitrogen and oxygen atoms in total. The summed E-state index contributed by atoms with van der Waals surface area (Å²) in [4.78, 5) is 12.1. The molecule has 0 aromatic carbocycles. The zero-order chi connectivity index (χ0) is 14.5. The number of methoxy groups -OCH3 is 1. The molecule has 4 heteroatoms. The van der Waals surface area contributed by atoms with Gasteiger partial charge in [0, 0.05) is 19.6 Å². The highest BCUT2D eigenvalue weighted by atomic mass is 35.5. The van der Waals surface area contributed by atoms with Crippen molar-refractivity contribution in [3.63, 3.8) is 0 Å². The average Bonchev–Trinajstić information content (AvgIpc) is 2.35. The van der Waals surface area contributed by atoms with Crippen molar-refractivity contribution in [2.75, 3.05) is 20.3 Å². The molecule has 0 heterocycles. The summed E-state index contributed by atoms with van der Waals surface area (Å²) < 4.78 is 4.95. The number of carbonyl (C=O) groups excluding carboxylic acids is 1. The van der Waals surface area contributed by atoms with E-state index in [1.807, 2.05) is 0 Å². The number of carbonyl (C=O) groups is 1. The predicted molar refractivity (Wildman–Crippen MR) is 79.4 cm³/mol. The molecule has 0 saturated heterocycles. The molecule has 0 bridgehead atoms. The van der Waals surface area contributed by atoms with Gasteiger partial charge < -0.3 is 10.1 Å². The van der Waals surface area contributed by atoms with E-state index < -0.39 is 0 Å². The van der Waals surface area contributed by atoms with Gasteiger partial charge in [0.2, 0.25) is 5.91 Å². The minimum Gasteiger partial charge on any atom is -0.383 e. The number of ether oxygens (including phenoxy) is 1. The van der Waals surface area contributed by atoms with E-state index in [9.17, 15) is 4.79 Å². The molecular formula is C15H28ClNO2. The van der Waals surface area contributed by atoms with Gasteiger partial charge >= 0.3 is 0 Å². The van der Waals surface area contributed by atoms with Gasteiger partial charge in [-0.05, 0) is 37.0 Å². The predicted octanol–water partition coefficient (Wildman–Crippen LogP) is 3.21. The van der Waals surface area contributed by atoms with Gasteiger partial charge in [0.05, 0.1) is 12.0 Å². The number of nitrogens with one attached hydrogen (secondary N) is 1. The first-order chi connectivity index (χ1) is 8.84. The Bertz CT molecular complexity index is 280. The lowest BCUT2D eigenvalue weighted by Gasteiger charge is -2.36. The molecule has 0 spiro atoms. The van der Waals surface area contributed by atoms with Gasteiger partial charge in [-0.15, -0.1) is 11.6 Å². The molecule has 0 aromatic heterocycles. The standard InChI is InChI=1S/C15H28ClNO2/c1-15(2,3)12-7-5-11(6-8-12)14(18)17-9-13(16)10-19-4/h11-13H,5-10H2,1-4H3,(H,17,18). The average molecular weight is 290 g/mol. The van der Waals surface area contributed by atoms with Crippen molar-refractivity contribution < 1.29 is 9.53 Å². The molecule has 0 aromatic rings. The molecule has 1 aliphatic rings. The molecule has 1 rings (SSSR count). The molecule has 0 radical (unpaired) electrons. The molecule has 112 valence electrons. The first-order valence-electron chi connectivity index (χ1n) is 7.25. The fourth-order valence-corrected chi connectivity index (χ4v) is 3.02. The Labute approximate surface area is 122 Å². The maximum atomic E-state index is 12.1. The molecule has 0 aliphatic heterocycles. The smallest absolute Gasteiger partial charge is 0.223 e. The van der Waals surface area contributed by atoms with Crippen molar-refractivity contribution >= 4 is 17.5 Å². The Hall–Kier alpha value is -0.280. The van der Waals surface area contributed by atoms with Crippen LogP contribution in [0.4, 0.5) is 0 Å². The van der Waals surface area contributed by atoms with Crippen molar-refractivity contribution in [2.24, 2.45) is 17.3 Å². The molecule has 1 unspecified atom stereocenters. The zero-order valence-electron chi connectivity index (χ0n) is 12.7. The zero-order valence-corrected chi connectivity index (χ0v) is 13.4. The van der Waals surface area contributed by atoms with Crippen LogP contribution in [0.3, 0.4) is 0 Å². The third kappa shape index (κ3) is 5.70. The van der Waals surface area contributed by atoms with E-state index in [1.54, 1.807) is 7.11 Å². The van der Waals surface area contributed by atoms with E-state index in [0.717, 1.165) is 31.6 Å². The first kappa shape index (κ1) is 16.8. The minimum atomic E-state index is -0.139. The lowest BCUT2D eigenvalue weighted by Crippen LogP contribution is -2.38. The van der Waals surface area contributed by atoms with E-state index in [-0.39, 0.29) is 17.2 Å². The van der Waals surface area contributed by atoms with Crippen LogP contribution in [0.1, 0.15) is 46.5 Å². The Kier molecular flexibility index (Phi) is 6.61.